The summed E-state index contributed by atoms with van der Waals surface area (Å²) < 4.78 is 13.9. The summed E-state index contributed by atoms with van der Waals surface area (Å²) in [6.45, 7) is 6.50. The van der Waals surface area contributed by atoms with Gasteiger partial charge < -0.3 is 25.0 Å². The van der Waals surface area contributed by atoms with Gasteiger partial charge in [0.25, 0.3) is 0 Å². The minimum atomic E-state index is -0.272. The zero-order valence-corrected chi connectivity index (χ0v) is 16.8. The van der Waals surface area contributed by atoms with E-state index in [1.807, 2.05) is 19.1 Å². The van der Waals surface area contributed by atoms with Crippen LogP contribution in [0.25, 0.3) is 11.0 Å². The van der Waals surface area contributed by atoms with Crippen LogP contribution in [0.5, 0.6) is 0 Å². The second-order valence-electron chi connectivity index (χ2n) is 6.79. The van der Waals surface area contributed by atoms with Gasteiger partial charge in [0.2, 0.25) is 0 Å². The van der Waals surface area contributed by atoms with Crippen LogP contribution in [-0.2, 0) is 23.6 Å². The number of urea groups is 1. The Morgan fingerprint density at radius 1 is 1.18 bits per heavy atom. The fourth-order valence-corrected chi connectivity index (χ4v) is 3.39. The molecule has 2 aromatic rings. The Morgan fingerprint density at radius 2 is 1.86 bits per heavy atom. The van der Waals surface area contributed by atoms with E-state index in [0.29, 0.717) is 38.7 Å². The number of rotatable bonds is 7. The smallest absolute Gasteiger partial charge is 0.328 e. The molecule has 2 N–H and O–H groups in total. The Labute approximate surface area is 164 Å². The van der Waals surface area contributed by atoms with Crippen LogP contribution in [0.15, 0.2) is 16.9 Å². The Balaban J connectivity index is 1.85. The molecule has 1 saturated heterocycles. The van der Waals surface area contributed by atoms with Gasteiger partial charge in [-0.05, 0) is 25.5 Å². The molecule has 0 unspecified atom stereocenters. The molecule has 1 aromatic carbocycles. The van der Waals surface area contributed by atoms with E-state index in [1.165, 1.54) is 0 Å². The molecule has 0 atom stereocenters. The van der Waals surface area contributed by atoms with E-state index in [0.717, 1.165) is 36.2 Å². The first-order valence-corrected chi connectivity index (χ1v) is 9.67. The quantitative estimate of drug-likeness (QED) is 0.694. The highest BCUT2D eigenvalue weighted by Crippen LogP contribution is 2.31. The number of carbonyl (C=O) groups is 1. The average molecular weight is 391 g/mol. The van der Waals surface area contributed by atoms with Crippen molar-refractivity contribution in [3.05, 3.63) is 22.6 Å². The number of nitrogens with one attached hydrogen (secondary N) is 2. The van der Waals surface area contributed by atoms with E-state index < -0.39 is 0 Å². The molecule has 9 nitrogen and oxygen atoms in total. The molecule has 28 heavy (non-hydrogen) atoms. The summed E-state index contributed by atoms with van der Waals surface area (Å²) in [4.78, 5) is 26.9. The van der Waals surface area contributed by atoms with Crippen LogP contribution in [0.1, 0.15) is 13.3 Å². The van der Waals surface area contributed by atoms with E-state index in [4.69, 9.17) is 9.47 Å². The van der Waals surface area contributed by atoms with Gasteiger partial charge in [-0.3, -0.25) is 9.13 Å². The Morgan fingerprint density at radius 3 is 2.54 bits per heavy atom. The molecular formula is C19H29N5O4. The maximum Gasteiger partial charge on any atom is 0.328 e. The first-order valence-electron chi connectivity index (χ1n) is 9.67. The average Bonchev–Trinajstić information content (AvgIpc) is 2.91. The van der Waals surface area contributed by atoms with E-state index in [9.17, 15) is 9.59 Å². The maximum absolute atomic E-state index is 12.4. The maximum atomic E-state index is 12.4. The van der Waals surface area contributed by atoms with Crippen molar-refractivity contribution in [3.8, 4) is 0 Å². The van der Waals surface area contributed by atoms with Crippen molar-refractivity contribution in [2.24, 2.45) is 14.1 Å². The zero-order chi connectivity index (χ0) is 20.1. The number of hydrogen-bond acceptors (Lipinski definition) is 5. The van der Waals surface area contributed by atoms with Gasteiger partial charge in [-0.25, -0.2) is 9.59 Å². The van der Waals surface area contributed by atoms with Crippen LogP contribution in [0.4, 0.5) is 16.2 Å². The minimum Gasteiger partial charge on any atom is -0.382 e. The summed E-state index contributed by atoms with van der Waals surface area (Å²) in [6.07, 6.45) is 0.754. The molecule has 1 aliphatic heterocycles. The minimum absolute atomic E-state index is 0.0968. The summed E-state index contributed by atoms with van der Waals surface area (Å²) >= 11 is 0. The lowest BCUT2D eigenvalue weighted by molar-refractivity contribution is 0.123. The predicted octanol–water partition coefficient (Wildman–Crippen LogP) is 1.26. The second kappa shape index (κ2) is 9.11. The molecular weight excluding hydrogens is 362 g/mol. The third-order valence-corrected chi connectivity index (χ3v) is 4.94. The first kappa shape index (κ1) is 20.2. The molecule has 0 aliphatic carbocycles. The van der Waals surface area contributed by atoms with Gasteiger partial charge in [-0.15, -0.1) is 0 Å². The fraction of sp³-hybridized carbons (Fsp3) is 0.579. The summed E-state index contributed by atoms with van der Waals surface area (Å²) in [7, 11) is 3.49. The van der Waals surface area contributed by atoms with Crippen LogP contribution < -0.4 is 21.2 Å². The molecule has 1 aliphatic rings. The van der Waals surface area contributed by atoms with Crippen LogP contribution in [-0.4, -0.2) is 61.2 Å². The number of ether oxygens (including phenoxy) is 2. The Hall–Kier alpha value is -2.52. The van der Waals surface area contributed by atoms with Crippen molar-refractivity contribution in [1.29, 1.82) is 0 Å². The molecule has 2 amide bonds. The van der Waals surface area contributed by atoms with Crippen molar-refractivity contribution in [1.82, 2.24) is 14.5 Å². The monoisotopic (exact) mass is 391 g/mol. The second-order valence-corrected chi connectivity index (χ2v) is 6.79. The lowest BCUT2D eigenvalue weighted by Gasteiger charge is -2.30. The number of aromatic nitrogens is 2. The van der Waals surface area contributed by atoms with E-state index >= 15 is 0 Å². The lowest BCUT2D eigenvalue weighted by Crippen LogP contribution is -2.37. The van der Waals surface area contributed by atoms with Crippen molar-refractivity contribution in [2.45, 2.75) is 13.3 Å². The number of aryl methyl sites for hydroxylation is 2. The van der Waals surface area contributed by atoms with Gasteiger partial charge in [0.15, 0.2) is 0 Å². The molecule has 9 heteroatoms. The molecule has 1 aromatic heterocycles. The highest BCUT2D eigenvalue weighted by molar-refractivity contribution is 5.98. The van der Waals surface area contributed by atoms with Crippen molar-refractivity contribution in [3.63, 3.8) is 0 Å². The first-order chi connectivity index (χ1) is 13.5. The topological polar surface area (TPSA) is 89.8 Å². The highest BCUT2D eigenvalue weighted by Gasteiger charge is 2.20. The summed E-state index contributed by atoms with van der Waals surface area (Å²) in [5.41, 5.74) is 3.08. The van der Waals surface area contributed by atoms with Crippen molar-refractivity contribution >= 4 is 28.4 Å². The zero-order valence-electron chi connectivity index (χ0n) is 16.8. The van der Waals surface area contributed by atoms with Crippen molar-refractivity contribution < 1.29 is 14.3 Å². The van der Waals surface area contributed by atoms with Gasteiger partial charge in [0.1, 0.15) is 0 Å². The summed E-state index contributed by atoms with van der Waals surface area (Å²) in [6, 6.07) is 3.56. The summed E-state index contributed by atoms with van der Waals surface area (Å²) in [5, 5.41) is 5.80. The van der Waals surface area contributed by atoms with E-state index in [1.54, 1.807) is 23.2 Å². The number of imidazole rings is 1. The van der Waals surface area contributed by atoms with Crippen LogP contribution >= 0.6 is 0 Å². The number of fused-ring (bicyclic) bond motifs is 1. The number of morpholine rings is 1. The molecule has 0 saturated carbocycles. The molecule has 154 valence electrons. The van der Waals surface area contributed by atoms with Gasteiger partial charge in [0.05, 0.1) is 35.6 Å². The molecule has 3 rings (SSSR count). The molecule has 0 radical (unpaired) electrons. The van der Waals surface area contributed by atoms with Gasteiger partial charge in [0, 0.05) is 46.9 Å². The fourth-order valence-electron chi connectivity index (χ4n) is 3.39. The molecule has 0 bridgehead atoms. The van der Waals surface area contributed by atoms with Gasteiger partial charge in [-0.1, -0.05) is 0 Å². The number of amides is 2. The van der Waals surface area contributed by atoms with Crippen molar-refractivity contribution in [2.75, 3.05) is 56.3 Å². The van der Waals surface area contributed by atoms with Gasteiger partial charge in [-0.2, -0.15) is 0 Å². The standard InChI is InChI=1S/C19H29N5O4/c1-4-27-9-5-6-20-18(25)21-14-12-16-17(23(3)19(26)22(16)2)13-15(14)24-7-10-28-11-8-24/h12-13H,4-11H2,1-3H3,(H2,20,21,25). The van der Waals surface area contributed by atoms with Gasteiger partial charge >= 0.3 is 11.7 Å². The van der Waals surface area contributed by atoms with E-state index in [-0.39, 0.29) is 11.7 Å². The number of anilines is 2. The normalized spacial score (nSPS) is 14.5. The predicted molar refractivity (Wildman–Crippen MR) is 109 cm³/mol. The number of nitrogens with zero attached hydrogens (tertiary/aromatic N) is 3. The molecule has 0 spiro atoms. The molecule has 2 heterocycles. The lowest BCUT2D eigenvalue weighted by atomic mass is 10.2. The number of benzene rings is 1. The summed E-state index contributed by atoms with van der Waals surface area (Å²) in [5.74, 6) is 0. The third kappa shape index (κ3) is 4.31. The Kier molecular flexibility index (Phi) is 6.58. The van der Waals surface area contributed by atoms with E-state index in [2.05, 4.69) is 15.5 Å². The largest absolute Gasteiger partial charge is 0.382 e. The molecule has 1 fully saturated rings. The third-order valence-electron chi connectivity index (χ3n) is 4.94. The van der Waals surface area contributed by atoms with Crippen LogP contribution in [0.3, 0.4) is 0 Å². The SMILES string of the molecule is CCOCCCNC(=O)Nc1cc2c(cc1N1CCOCC1)n(C)c(=O)n2C. The Bertz CT molecular complexity index is 883. The number of hydrogen-bond donors (Lipinski definition) is 2. The highest BCUT2D eigenvalue weighted by atomic mass is 16.5. The van der Waals surface area contributed by atoms with Crippen LogP contribution in [0.2, 0.25) is 0 Å². The number of carbonyl (C=O) groups excluding carboxylic acids is 1. The van der Waals surface area contributed by atoms with Crippen LogP contribution in [0, 0.1) is 0 Å².